The Morgan fingerprint density at radius 3 is 2.22 bits per heavy atom. The van der Waals surface area contributed by atoms with Crippen molar-refractivity contribution in [3.63, 3.8) is 0 Å². The molecule has 3 aliphatic heterocycles. The van der Waals surface area contributed by atoms with E-state index in [4.69, 9.17) is 18.6 Å². The molecular weight excluding hydrogens is 741 g/mol. The average molecular weight is 795 g/mol. The maximum atomic E-state index is 14.5. The predicted molar refractivity (Wildman–Crippen MR) is 227 cm³/mol. The highest BCUT2D eigenvalue weighted by molar-refractivity contribution is 5.90. The maximum absolute atomic E-state index is 14.5. The minimum Gasteiger partial charge on any atom is -0.483 e. The van der Waals surface area contributed by atoms with E-state index in [-0.39, 0.29) is 17.9 Å². The molecule has 4 heterocycles. The van der Waals surface area contributed by atoms with Crippen molar-refractivity contribution in [3.05, 3.63) is 157 Å². The normalized spacial score (nSPS) is 22.5. The minimum absolute atomic E-state index is 0.0734. The number of aryl methyl sites for hydroxylation is 2. The van der Waals surface area contributed by atoms with Crippen molar-refractivity contribution in [2.75, 3.05) is 0 Å². The Labute approximate surface area is 346 Å². The molecule has 5 aromatic rings. The standard InChI is InChI=1S/C51H54O8/c1-30(2)37-22-21-31-15-17-34(18-16-31)27-36(20-19-33-13-10-14-35(26-33)25-32-11-8-7-9-12-32)28-41(53)56-46-43-40(59-51(5,6)47(46)58-48(37)54)24-23-38-42-39(52)29-50(3,4)44(42)49(55)57-45(38)43/h7-18,23-24,26,36,39,46-47,52H,19-22,25,27-29H2,1-6H3/t36-,39+,46-,47-/m0/s1. The first-order valence-corrected chi connectivity index (χ1v) is 20.9. The third-order valence-corrected chi connectivity index (χ3v) is 12.5. The third kappa shape index (κ3) is 8.25. The molecule has 1 N–H and O–H groups in total. The van der Waals surface area contributed by atoms with Crippen LogP contribution in [0.15, 0.2) is 111 Å². The number of rotatable bonds is 5. The summed E-state index contributed by atoms with van der Waals surface area (Å²) in [5.74, 6) is -0.705. The van der Waals surface area contributed by atoms with Crippen molar-refractivity contribution in [2.45, 2.75) is 122 Å². The third-order valence-electron chi connectivity index (χ3n) is 12.5. The fourth-order valence-electron chi connectivity index (χ4n) is 9.49. The van der Waals surface area contributed by atoms with Crippen LogP contribution in [0.3, 0.4) is 0 Å². The quantitative estimate of drug-likeness (QED) is 0.106. The van der Waals surface area contributed by atoms with Crippen molar-refractivity contribution in [3.8, 4) is 5.75 Å². The van der Waals surface area contributed by atoms with Crippen LogP contribution < -0.4 is 10.4 Å². The molecule has 9 rings (SSSR count). The van der Waals surface area contributed by atoms with E-state index >= 15 is 0 Å². The summed E-state index contributed by atoms with van der Waals surface area (Å²) in [6.07, 6.45) is 1.41. The van der Waals surface area contributed by atoms with Gasteiger partial charge in [-0.2, -0.15) is 0 Å². The molecular formula is C51H54O8. The number of ether oxygens (including phenoxy) is 3. The maximum Gasteiger partial charge on any atom is 0.340 e. The van der Waals surface area contributed by atoms with E-state index in [1.165, 1.54) is 16.7 Å². The molecule has 0 radical (unpaired) electrons. The summed E-state index contributed by atoms with van der Waals surface area (Å²) >= 11 is 0. The second-order valence-corrected chi connectivity index (χ2v) is 18.2. The summed E-state index contributed by atoms with van der Waals surface area (Å²) in [4.78, 5) is 42.6. The summed E-state index contributed by atoms with van der Waals surface area (Å²) in [6, 6.07) is 31.1. The van der Waals surface area contributed by atoms with Crippen LogP contribution in [0.25, 0.3) is 11.0 Å². The Morgan fingerprint density at radius 1 is 0.763 bits per heavy atom. The molecule has 0 unspecified atom stereocenters. The van der Waals surface area contributed by atoms with Gasteiger partial charge in [-0.25, -0.2) is 9.59 Å². The van der Waals surface area contributed by atoms with Crippen molar-refractivity contribution < 1.29 is 33.3 Å². The van der Waals surface area contributed by atoms with E-state index < -0.39 is 46.9 Å². The summed E-state index contributed by atoms with van der Waals surface area (Å²) in [6.45, 7) is 11.2. The Morgan fingerprint density at radius 2 is 1.47 bits per heavy atom. The number of hydrogen-bond acceptors (Lipinski definition) is 8. The van der Waals surface area contributed by atoms with Crippen molar-refractivity contribution >= 4 is 22.9 Å². The number of hydrogen-bond donors (Lipinski definition) is 1. The lowest BCUT2D eigenvalue weighted by molar-refractivity contribution is -0.188. The topological polar surface area (TPSA) is 112 Å². The first kappa shape index (κ1) is 40.3. The molecule has 8 heteroatoms. The Kier molecular flexibility index (Phi) is 10.9. The van der Waals surface area contributed by atoms with Gasteiger partial charge in [0, 0.05) is 33.9 Å². The highest BCUT2D eigenvalue weighted by Gasteiger charge is 2.51. The summed E-state index contributed by atoms with van der Waals surface area (Å²) in [5.41, 5.74) is 6.36. The van der Waals surface area contributed by atoms with Gasteiger partial charge in [-0.3, -0.25) is 4.79 Å². The number of carbonyl (C=O) groups is 2. The van der Waals surface area contributed by atoms with Gasteiger partial charge in [0.1, 0.15) is 16.9 Å². The number of aliphatic hydroxyl groups is 1. The molecule has 306 valence electrons. The lowest BCUT2D eigenvalue weighted by atomic mass is 9.85. The van der Waals surface area contributed by atoms with Crippen LogP contribution in [-0.4, -0.2) is 28.8 Å². The minimum atomic E-state index is -1.18. The van der Waals surface area contributed by atoms with Crippen LogP contribution >= 0.6 is 0 Å². The van der Waals surface area contributed by atoms with E-state index in [2.05, 4.69) is 72.8 Å². The number of aliphatic hydroxyl groups excluding tert-OH is 1. The Bertz CT molecular complexity index is 2490. The molecule has 1 aliphatic carbocycles. The number of benzene rings is 4. The first-order chi connectivity index (χ1) is 28.2. The highest BCUT2D eigenvalue weighted by Crippen LogP contribution is 2.51. The molecule has 4 aromatic carbocycles. The van der Waals surface area contributed by atoms with Crippen LogP contribution in [0.5, 0.6) is 5.75 Å². The van der Waals surface area contributed by atoms with Crippen molar-refractivity contribution in [1.29, 1.82) is 0 Å². The zero-order chi connectivity index (χ0) is 41.6. The van der Waals surface area contributed by atoms with Gasteiger partial charge >= 0.3 is 17.6 Å². The zero-order valence-electron chi connectivity index (χ0n) is 34.9. The summed E-state index contributed by atoms with van der Waals surface area (Å²) in [5, 5.41) is 11.9. The molecule has 8 nitrogen and oxygen atoms in total. The summed E-state index contributed by atoms with van der Waals surface area (Å²) in [7, 11) is 0. The fourth-order valence-corrected chi connectivity index (χ4v) is 9.49. The molecule has 0 spiro atoms. The van der Waals surface area contributed by atoms with Gasteiger partial charge in [0.25, 0.3) is 0 Å². The van der Waals surface area contributed by atoms with Crippen LogP contribution in [0.1, 0.15) is 124 Å². The second kappa shape index (κ2) is 15.9. The molecule has 59 heavy (non-hydrogen) atoms. The van der Waals surface area contributed by atoms with Crippen LogP contribution in [0.2, 0.25) is 0 Å². The van der Waals surface area contributed by atoms with Crippen LogP contribution in [0.4, 0.5) is 0 Å². The molecule has 0 saturated carbocycles. The molecule has 0 fully saturated rings. The number of esters is 2. The molecule has 2 bridgehead atoms. The molecule has 0 saturated heterocycles. The number of carbonyl (C=O) groups excluding carboxylic acids is 2. The Balaban J connectivity index is 1.18. The smallest absolute Gasteiger partial charge is 0.340 e. The monoisotopic (exact) mass is 794 g/mol. The van der Waals surface area contributed by atoms with Crippen LogP contribution in [-0.2, 0) is 50.2 Å². The molecule has 4 atom stereocenters. The van der Waals surface area contributed by atoms with Crippen molar-refractivity contribution in [2.24, 2.45) is 5.92 Å². The van der Waals surface area contributed by atoms with E-state index in [0.717, 1.165) is 36.0 Å². The van der Waals surface area contributed by atoms with Gasteiger partial charge in [0.05, 0.1) is 11.7 Å². The SMILES string of the molecule is CC(C)=C1CCc2ccc(cc2)C[C@H](CCc2cccc(Cc3ccccc3)c2)CC(=O)O[C@H]2c3c(ccc4c5c(c(=O)oc34)C(C)(C)C[C@H]5O)OC(C)(C)[C@H]2OC1=O. The van der Waals surface area contributed by atoms with E-state index in [9.17, 15) is 19.5 Å². The van der Waals surface area contributed by atoms with Gasteiger partial charge in [0.2, 0.25) is 0 Å². The lowest BCUT2D eigenvalue weighted by Crippen LogP contribution is -2.52. The number of fused-ring (bicyclic) bond motifs is 15. The van der Waals surface area contributed by atoms with Gasteiger partial charge < -0.3 is 23.7 Å². The first-order valence-electron chi connectivity index (χ1n) is 20.9. The van der Waals surface area contributed by atoms with Crippen LogP contribution in [0, 0.1) is 5.92 Å². The second-order valence-electron chi connectivity index (χ2n) is 18.2. The Hall–Kier alpha value is -5.47. The van der Waals surface area contributed by atoms with Gasteiger partial charge in [-0.1, -0.05) is 98.3 Å². The van der Waals surface area contributed by atoms with Crippen molar-refractivity contribution in [1.82, 2.24) is 0 Å². The molecule has 0 amide bonds. The molecule has 1 aromatic heterocycles. The summed E-state index contributed by atoms with van der Waals surface area (Å²) < 4.78 is 25.7. The fraction of sp³-hybridized carbons (Fsp3) is 0.392. The molecule has 4 aliphatic rings. The zero-order valence-corrected chi connectivity index (χ0v) is 34.9. The number of allylic oxidation sites excluding steroid dienone is 1. The largest absolute Gasteiger partial charge is 0.483 e. The van der Waals surface area contributed by atoms with E-state index in [1.807, 2.05) is 33.8 Å². The van der Waals surface area contributed by atoms with E-state index in [0.29, 0.717) is 59.1 Å². The highest BCUT2D eigenvalue weighted by atomic mass is 16.6. The predicted octanol–water partition coefficient (Wildman–Crippen LogP) is 9.93. The van der Waals surface area contributed by atoms with Gasteiger partial charge in [0.15, 0.2) is 12.2 Å². The van der Waals surface area contributed by atoms with E-state index in [1.54, 1.807) is 26.0 Å². The lowest BCUT2D eigenvalue weighted by Gasteiger charge is -2.43. The van der Waals surface area contributed by atoms with Gasteiger partial charge in [-0.05, 0) is 119 Å². The average Bonchev–Trinajstić information content (AvgIpc) is 3.43. The van der Waals surface area contributed by atoms with Gasteiger partial charge in [-0.15, -0.1) is 0 Å².